The van der Waals surface area contributed by atoms with Gasteiger partial charge in [-0.25, -0.2) is 0 Å². The minimum atomic E-state index is -0.514. The molecule has 0 unspecified atom stereocenters. The van der Waals surface area contributed by atoms with Gasteiger partial charge in [-0.1, -0.05) is 59.9 Å². The summed E-state index contributed by atoms with van der Waals surface area (Å²) in [7, 11) is 0. The Morgan fingerprint density at radius 2 is 2.04 bits per heavy atom. The minimum absolute atomic E-state index is 0.0415. The molecule has 0 radical (unpaired) electrons. The van der Waals surface area contributed by atoms with E-state index in [0.717, 1.165) is 22.9 Å². The minimum Gasteiger partial charge on any atom is -0.325 e. The number of nitro groups is 1. The Morgan fingerprint density at radius 1 is 1.29 bits per heavy atom. The van der Waals surface area contributed by atoms with Crippen molar-refractivity contribution in [2.75, 3.05) is 11.1 Å². The van der Waals surface area contributed by atoms with E-state index in [9.17, 15) is 19.7 Å². The summed E-state index contributed by atoms with van der Waals surface area (Å²) in [5, 5.41) is 13.5. The molecule has 9 heteroatoms. The maximum Gasteiger partial charge on any atom is 0.285 e. The number of nitro benzene ring substituents is 1. The molecule has 1 aliphatic rings. The maximum atomic E-state index is 12.2. The molecule has 1 N–H and O–H groups in total. The van der Waals surface area contributed by atoms with Crippen molar-refractivity contribution in [3.05, 3.63) is 74.7 Å². The molecule has 0 saturated carbocycles. The number of anilines is 1. The molecular weight excluding hydrogens is 398 g/mol. The van der Waals surface area contributed by atoms with Crippen molar-refractivity contribution in [1.29, 1.82) is 0 Å². The first-order chi connectivity index (χ1) is 13.4. The summed E-state index contributed by atoms with van der Waals surface area (Å²) in [6.45, 7) is 1.75. The van der Waals surface area contributed by atoms with E-state index in [2.05, 4.69) is 10.3 Å². The smallest absolute Gasteiger partial charge is 0.285 e. The number of amides is 2. The van der Waals surface area contributed by atoms with E-state index in [0.29, 0.717) is 15.0 Å². The van der Waals surface area contributed by atoms with Crippen LogP contribution in [0.2, 0.25) is 0 Å². The molecule has 28 heavy (non-hydrogen) atoms. The first-order valence-electron chi connectivity index (χ1n) is 8.17. The molecule has 1 heterocycles. The SMILES string of the molecule is Cc1ccc([N+](=O)[O-])cc1NC(=O)CSC1=NC(=O)/C(=C\c2ccccc2)S1. The molecule has 0 aromatic heterocycles. The van der Waals surface area contributed by atoms with Gasteiger partial charge in [0, 0.05) is 12.1 Å². The van der Waals surface area contributed by atoms with Crippen LogP contribution in [-0.2, 0) is 9.59 Å². The number of hydrogen-bond acceptors (Lipinski definition) is 6. The van der Waals surface area contributed by atoms with Gasteiger partial charge < -0.3 is 5.32 Å². The summed E-state index contributed by atoms with van der Waals surface area (Å²) in [5.41, 5.74) is 1.92. The highest BCUT2D eigenvalue weighted by Gasteiger charge is 2.23. The topological polar surface area (TPSA) is 102 Å². The zero-order valence-corrected chi connectivity index (χ0v) is 16.4. The number of benzene rings is 2. The van der Waals surface area contributed by atoms with Crippen LogP contribution < -0.4 is 5.32 Å². The van der Waals surface area contributed by atoms with Crippen molar-refractivity contribution in [2.45, 2.75) is 6.92 Å². The van der Waals surface area contributed by atoms with Crippen LogP contribution in [0.1, 0.15) is 11.1 Å². The Morgan fingerprint density at radius 3 is 2.75 bits per heavy atom. The molecule has 0 spiro atoms. The van der Waals surface area contributed by atoms with Crippen LogP contribution in [0.5, 0.6) is 0 Å². The first kappa shape index (κ1) is 19.8. The molecule has 0 aliphatic carbocycles. The largest absolute Gasteiger partial charge is 0.325 e. The van der Waals surface area contributed by atoms with Gasteiger partial charge in [0.25, 0.3) is 11.6 Å². The van der Waals surface area contributed by atoms with Crippen molar-refractivity contribution in [1.82, 2.24) is 0 Å². The number of carbonyl (C=O) groups excluding carboxylic acids is 2. The number of aryl methyl sites for hydroxylation is 1. The number of nitrogens with zero attached hydrogens (tertiary/aromatic N) is 2. The molecule has 1 aliphatic heterocycles. The van der Waals surface area contributed by atoms with E-state index in [1.165, 1.54) is 23.9 Å². The third-order valence-corrected chi connectivity index (χ3v) is 5.86. The molecular formula is C19H15N3O4S2. The average Bonchev–Trinajstić information content (AvgIpc) is 3.02. The summed E-state index contributed by atoms with van der Waals surface area (Å²) in [6, 6.07) is 13.7. The predicted molar refractivity (Wildman–Crippen MR) is 113 cm³/mol. The fraction of sp³-hybridized carbons (Fsp3) is 0.105. The fourth-order valence-electron chi connectivity index (χ4n) is 2.32. The summed E-state index contributed by atoms with van der Waals surface area (Å²) in [5.74, 6) is -0.615. The Hall–Kier alpha value is -2.91. The molecule has 0 fully saturated rings. The molecule has 0 bridgehead atoms. The van der Waals surface area contributed by atoms with Crippen molar-refractivity contribution in [2.24, 2.45) is 4.99 Å². The van der Waals surface area contributed by atoms with Crippen molar-refractivity contribution >= 4 is 57.2 Å². The van der Waals surface area contributed by atoms with Gasteiger partial charge in [-0.15, -0.1) is 0 Å². The predicted octanol–water partition coefficient (Wildman–Crippen LogP) is 4.25. The van der Waals surface area contributed by atoms with Crippen LogP contribution in [-0.4, -0.2) is 26.9 Å². The number of thioether (sulfide) groups is 2. The fourth-order valence-corrected chi connectivity index (χ4v) is 4.12. The number of non-ortho nitro benzene ring substituents is 1. The third-order valence-electron chi connectivity index (χ3n) is 3.73. The van der Waals surface area contributed by atoms with E-state index >= 15 is 0 Å². The van der Waals surface area contributed by atoms with Crippen LogP contribution >= 0.6 is 23.5 Å². The lowest BCUT2D eigenvalue weighted by atomic mass is 10.2. The average molecular weight is 413 g/mol. The molecule has 0 atom stereocenters. The summed E-state index contributed by atoms with van der Waals surface area (Å²) >= 11 is 2.38. The summed E-state index contributed by atoms with van der Waals surface area (Å²) in [6.07, 6.45) is 1.76. The monoisotopic (exact) mass is 413 g/mol. The van der Waals surface area contributed by atoms with E-state index in [4.69, 9.17) is 0 Å². The lowest BCUT2D eigenvalue weighted by Crippen LogP contribution is -2.15. The Bertz CT molecular complexity index is 1000. The van der Waals surface area contributed by atoms with E-state index in [-0.39, 0.29) is 23.3 Å². The number of rotatable bonds is 5. The third kappa shape index (κ3) is 5.08. The van der Waals surface area contributed by atoms with Crippen LogP contribution in [0.25, 0.3) is 6.08 Å². The van der Waals surface area contributed by atoms with Gasteiger partial charge in [0.2, 0.25) is 5.91 Å². The van der Waals surface area contributed by atoms with E-state index < -0.39 is 4.92 Å². The second-order valence-electron chi connectivity index (χ2n) is 5.80. The number of aliphatic imine (C=N–C) groups is 1. The first-order valence-corrected chi connectivity index (χ1v) is 9.98. The van der Waals surface area contributed by atoms with Crippen molar-refractivity contribution < 1.29 is 14.5 Å². The molecule has 142 valence electrons. The van der Waals surface area contributed by atoms with Crippen LogP contribution in [0.4, 0.5) is 11.4 Å². The van der Waals surface area contributed by atoms with Gasteiger partial charge >= 0.3 is 0 Å². The van der Waals surface area contributed by atoms with Gasteiger partial charge in [0.1, 0.15) is 4.38 Å². The molecule has 2 aromatic rings. The second kappa shape index (κ2) is 8.85. The molecule has 2 aromatic carbocycles. The normalized spacial score (nSPS) is 14.8. The summed E-state index contributed by atoms with van der Waals surface area (Å²) in [4.78, 5) is 39.0. The van der Waals surface area contributed by atoms with E-state index in [1.807, 2.05) is 30.3 Å². The van der Waals surface area contributed by atoms with Crippen molar-refractivity contribution in [3.8, 4) is 0 Å². The second-order valence-corrected chi connectivity index (χ2v) is 8.05. The Balaban J connectivity index is 1.58. The lowest BCUT2D eigenvalue weighted by molar-refractivity contribution is -0.384. The van der Waals surface area contributed by atoms with Gasteiger partial charge in [-0.05, 0) is 24.1 Å². The molecule has 0 saturated heterocycles. The van der Waals surface area contributed by atoms with Gasteiger partial charge in [0.15, 0.2) is 0 Å². The van der Waals surface area contributed by atoms with E-state index in [1.54, 1.807) is 19.1 Å². The maximum absolute atomic E-state index is 12.2. The Labute approximate surface area is 169 Å². The standard InChI is InChI=1S/C19H15N3O4S2/c1-12-7-8-14(22(25)26)10-15(12)20-17(23)11-27-19-21-18(24)16(28-19)9-13-5-3-2-4-6-13/h2-10H,11H2,1H3,(H,20,23)/b16-9+. The number of hydrogen-bond donors (Lipinski definition) is 1. The van der Waals surface area contributed by atoms with Gasteiger partial charge in [0.05, 0.1) is 21.3 Å². The highest BCUT2D eigenvalue weighted by atomic mass is 32.2. The van der Waals surface area contributed by atoms with Gasteiger partial charge in [-0.3, -0.25) is 19.7 Å². The van der Waals surface area contributed by atoms with Crippen LogP contribution in [0.3, 0.4) is 0 Å². The Kier molecular flexibility index (Phi) is 6.27. The quantitative estimate of drug-likeness (QED) is 0.447. The van der Waals surface area contributed by atoms with Crippen LogP contribution in [0.15, 0.2) is 58.4 Å². The summed E-state index contributed by atoms with van der Waals surface area (Å²) < 4.78 is 0.498. The van der Waals surface area contributed by atoms with Crippen molar-refractivity contribution in [3.63, 3.8) is 0 Å². The molecule has 2 amide bonds. The highest BCUT2D eigenvalue weighted by molar-refractivity contribution is 8.41. The molecule has 7 nitrogen and oxygen atoms in total. The number of carbonyl (C=O) groups is 2. The highest BCUT2D eigenvalue weighted by Crippen LogP contribution is 2.33. The van der Waals surface area contributed by atoms with Gasteiger partial charge in [-0.2, -0.15) is 4.99 Å². The molecule has 3 rings (SSSR count). The van der Waals surface area contributed by atoms with Crippen LogP contribution in [0, 0.1) is 17.0 Å². The number of nitrogens with one attached hydrogen (secondary N) is 1. The zero-order chi connectivity index (χ0) is 20.1. The zero-order valence-electron chi connectivity index (χ0n) is 14.7. The lowest BCUT2D eigenvalue weighted by Gasteiger charge is -2.07.